The zero-order valence-corrected chi connectivity index (χ0v) is 4.15. The summed E-state index contributed by atoms with van der Waals surface area (Å²) < 4.78 is 0. The largest absolute Gasteiger partial charge is 0.388 e. The lowest BCUT2D eigenvalue weighted by molar-refractivity contribution is 0.267. The summed E-state index contributed by atoms with van der Waals surface area (Å²) in [6.07, 6.45) is 1.28. The summed E-state index contributed by atoms with van der Waals surface area (Å²) in [5.74, 6) is 5.50. The number of aliphatic hydroxyl groups is 1. The molecular formula is C3H6N4O. The van der Waals surface area contributed by atoms with Crippen LogP contribution in [0.4, 0.5) is 0 Å². The molecule has 0 unspecified atom stereocenters. The zero-order valence-electron chi connectivity index (χ0n) is 4.15. The maximum Gasteiger partial charge on any atom is 0.175 e. The van der Waals surface area contributed by atoms with Gasteiger partial charge in [-0.25, -0.2) is 4.98 Å². The van der Waals surface area contributed by atoms with Crippen LogP contribution in [-0.2, 0) is 6.61 Å². The summed E-state index contributed by atoms with van der Waals surface area (Å²) in [6.45, 7) is -0.170. The molecule has 1 rings (SSSR count). The van der Waals surface area contributed by atoms with Crippen LogP contribution < -0.4 is 5.84 Å². The van der Waals surface area contributed by atoms with Gasteiger partial charge in [-0.15, -0.1) is 5.10 Å². The Kier molecular flexibility index (Phi) is 1.13. The fraction of sp³-hybridized carbons (Fsp3) is 0.333. The first-order chi connectivity index (χ1) is 3.84. The second kappa shape index (κ2) is 1.79. The monoisotopic (exact) mass is 114 g/mol. The molecule has 8 heavy (non-hydrogen) atoms. The van der Waals surface area contributed by atoms with E-state index in [1.807, 2.05) is 0 Å². The minimum absolute atomic E-state index is 0.170. The van der Waals surface area contributed by atoms with Crippen molar-refractivity contribution in [2.75, 3.05) is 5.84 Å². The molecule has 1 aromatic heterocycles. The minimum Gasteiger partial charge on any atom is -0.388 e. The lowest BCUT2D eigenvalue weighted by Crippen LogP contribution is -2.13. The fourth-order valence-corrected chi connectivity index (χ4v) is 0.387. The lowest BCUT2D eigenvalue weighted by atomic mass is 10.7. The van der Waals surface area contributed by atoms with E-state index in [0.717, 1.165) is 4.79 Å². The average Bonchev–Trinajstić information content (AvgIpc) is 2.14. The topological polar surface area (TPSA) is 77.0 Å². The van der Waals surface area contributed by atoms with E-state index >= 15 is 0 Å². The van der Waals surface area contributed by atoms with Crippen molar-refractivity contribution in [2.45, 2.75) is 6.61 Å². The van der Waals surface area contributed by atoms with E-state index in [1.54, 1.807) is 0 Å². The average molecular weight is 114 g/mol. The van der Waals surface area contributed by atoms with Gasteiger partial charge in [0.1, 0.15) is 12.9 Å². The van der Waals surface area contributed by atoms with Crippen LogP contribution in [-0.4, -0.2) is 20.0 Å². The van der Waals surface area contributed by atoms with Crippen LogP contribution in [0.3, 0.4) is 0 Å². The van der Waals surface area contributed by atoms with Crippen LogP contribution in [0.1, 0.15) is 5.82 Å². The fourth-order valence-electron chi connectivity index (χ4n) is 0.387. The molecule has 5 heteroatoms. The van der Waals surface area contributed by atoms with Gasteiger partial charge in [-0.3, -0.25) is 0 Å². The normalized spacial score (nSPS) is 9.62. The molecule has 1 heterocycles. The Morgan fingerprint density at radius 3 is 2.88 bits per heavy atom. The molecule has 0 fully saturated rings. The van der Waals surface area contributed by atoms with Crippen molar-refractivity contribution >= 4 is 0 Å². The van der Waals surface area contributed by atoms with Crippen molar-refractivity contribution in [1.29, 1.82) is 0 Å². The van der Waals surface area contributed by atoms with Gasteiger partial charge in [0, 0.05) is 0 Å². The predicted molar refractivity (Wildman–Crippen MR) is 26.1 cm³/mol. The van der Waals surface area contributed by atoms with Gasteiger partial charge < -0.3 is 10.9 Å². The van der Waals surface area contributed by atoms with Crippen LogP contribution in [0, 0.1) is 0 Å². The van der Waals surface area contributed by atoms with Crippen LogP contribution in [0.15, 0.2) is 6.33 Å². The van der Waals surface area contributed by atoms with Crippen molar-refractivity contribution in [3.05, 3.63) is 12.2 Å². The molecule has 1 aromatic rings. The van der Waals surface area contributed by atoms with Gasteiger partial charge in [0.2, 0.25) is 0 Å². The van der Waals surface area contributed by atoms with Crippen molar-refractivity contribution in [2.24, 2.45) is 0 Å². The van der Waals surface area contributed by atoms with Crippen LogP contribution >= 0.6 is 0 Å². The third-order valence-electron chi connectivity index (χ3n) is 0.789. The van der Waals surface area contributed by atoms with Gasteiger partial charge in [-0.1, -0.05) is 0 Å². The highest BCUT2D eigenvalue weighted by molar-refractivity contribution is 4.79. The number of rotatable bonds is 1. The van der Waals surface area contributed by atoms with Crippen LogP contribution in [0.2, 0.25) is 0 Å². The van der Waals surface area contributed by atoms with Crippen LogP contribution in [0.25, 0.3) is 0 Å². The van der Waals surface area contributed by atoms with Gasteiger partial charge in [0.15, 0.2) is 5.82 Å². The summed E-state index contributed by atoms with van der Waals surface area (Å²) >= 11 is 0. The predicted octanol–water partition coefficient (Wildman–Crippen LogP) is -1.52. The summed E-state index contributed by atoms with van der Waals surface area (Å²) in [5, 5.41) is 11.9. The van der Waals surface area contributed by atoms with E-state index in [2.05, 4.69) is 10.1 Å². The first-order valence-corrected chi connectivity index (χ1v) is 2.09. The lowest BCUT2D eigenvalue weighted by Gasteiger charge is -1.90. The van der Waals surface area contributed by atoms with Gasteiger partial charge in [0.05, 0.1) is 0 Å². The highest BCUT2D eigenvalue weighted by atomic mass is 16.3. The summed E-state index contributed by atoms with van der Waals surface area (Å²) in [6, 6.07) is 0. The molecule has 0 amide bonds. The molecule has 0 saturated heterocycles. The molecule has 0 aliphatic carbocycles. The van der Waals surface area contributed by atoms with Crippen molar-refractivity contribution < 1.29 is 5.11 Å². The van der Waals surface area contributed by atoms with Crippen molar-refractivity contribution in [1.82, 2.24) is 14.9 Å². The molecule has 0 bridgehead atoms. The molecule has 0 aliphatic heterocycles. The van der Waals surface area contributed by atoms with Crippen molar-refractivity contribution in [3.8, 4) is 0 Å². The van der Waals surface area contributed by atoms with E-state index in [1.165, 1.54) is 6.33 Å². The number of aromatic nitrogens is 3. The number of nitrogens with zero attached hydrogens (tertiary/aromatic N) is 3. The second-order valence-corrected chi connectivity index (χ2v) is 1.28. The van der Waals surface area contributed by atoms with E-state index in [-0.39, 0.29) is 6.61 Å². The summed E-state index contributed by atoms with van der Waals surface area (Å²) in [5.41, 5.74) is 0. The number of aliphatic hydroxyl groups excluding tert-OH is 1. The maximum absolute atomic E-state index is 8.40. The Labute approximate surface area is 45.7 Å². The van der Waals surface area contributed by atoms with E-state index in [0.29, 0.717) is 5.82 Å². The van der Waals surface area contributed by atoms with Gasteiger partial charge in [-0.2, -0.15) is 4.79 Å². The molecule has 0 radical (unpaired) electrons. The second-order valence-electron chi connectivity index (χ2n) is 1.28. The Morgan fingerprint density at radius 1 is 1.88 bits per heavy atom. The molecule has 0 atom stereocenters. The van der Waals surface area contributed by atoms with Crippen molar-refractivity contribution in [3.63, 3.8) is 0 Å². The zero-order chi connectivity index (χ0) is 5.98. The smallest absolute Gasteiger partial charge is 0.175 e. The van der Waals surface area contributed by atoms with Crippen LogP contribution in [0.5, 0.6) is 0 Å². The molecule has 0 aliphatic rings. The first-order valence-electron chi connectivity index (χ1n) is 2.09. The van der Waals surface area contributed by atoms with E-state index in [4.69, 9.17) is 10.9 Å². The molecule has 3 N–H and O–H groups in total. The molecule has 5 nitrogen and oxygen atoms in total. The van der Waals surface area contributed by atoms with Gasteiger partial charge in [-0.05, 0) is 0 Å². The highest BCUT2D eigenvalue weighted by Crippen LogP contribution is 1.83. The van der Waals surface area contributed by atoms with Gasteiger partial charge in [0.25, 0.3) is 0 Å². The molecule has 44 valence electrons. The van der Waals surface area contributed by atoms with E-state index in [9.17, 15) is 0 Å². The third kappa shape index (κ3) is 0.627. The Hall–Kier alpha value is -1.10. The molecule has 0 saturated carbocycles. The number of hydrogen-bond acceptors (Lipinski definition) is 4. The minimum atomic E-state index is -0.170. The summed E-state index contributed by atoms with van der Waals surface area (Å²) in [4.78, 5) is 4.64. The quantitative estimate of drug-likeness (QED) is 0.435. The highest BCUT2D eigenvalue weighted by Gasteiger charge is 1.94. The third-order valence-corrected chi connectivity index (χ3v) is 0.789. The molecule has 0 spiro atoms. The number of hydrogen-bond donors (Lipinski definition) is 2. The van der Waals surface area contributed by atoms with E-state index < -0.39 is 0 Å². The molecule has 0 aromatic carbocycles. The number of nitrogens with two attached hydrogens (primary N) is 1. The maximum atomic E-state index is 8.40. The molecular weight excluding hydrogens is 108 g/mol. The summed E-state index contributed by atoms with van der Waals surface area (Å²) in [7, 11) is 0. The van der Waals surface area contributed by atoms with Gasteiger partial charge >= 0.3 is 0 Å². The number of nitrogen functional groups attached to an aromatic ring is 1. The Bertz CT molecular complexity index is 172. The Balaban J connectivity index is 2.92. The first kappa shape index (κ1) is 5.04. The Morgan fingerprint density at radius 2 is 2.62 bits per heavy atom. The standard InChI is InChI=1S/C3H6N4O/c4-7-3(1-8)5-2-6-7/h2,8H,1,4H2. The SMILES string of the molecule is Nn1ncnc1CO.